The van der Waals surface area contributed by atoms with Gasteiger partial charge in [-0.05, 0) is 31.6 Å². The second-order valence-corrected chi connectivity index (χ2v) is 3.37. The fraction of sp³-hybridized carbons (Fsp3) is 0.636. The Bertz CT molecular complexity index is 218. The van der Waals surface area contributed by atoms with E-state index in [1.54, 1.807) is 0 Å². The molecule has 1 N–H and O–H groups in total. The minimum Gasteiger partial charge on any atom is -0.481 e. The summed E-state index contributed by atoms with van der Waals surface area (Å²) in [4.78, 5) is 10.4. The van der Waals surface area contributed by atoms with Crippen LogP contribution in [0, 0.1) is 17.2 Å². The number of carboxylic acids is 1. The zero-order chi connectivity index (χ0) is 10.8. The third-order valence-corrected chi connectivity index (χ3v) is 2.17. The number of nitriles is 1. The zero-order valence-corrected chi connectivity index (χ0v) is 8.41. The van der Waals surface area contributed by atoms with Crippen molar-refractivity contribution in [1.82, 2.24) is 0 Å². The summed E-state index contributed by atoms with van der Waals surface area (Å²) in [5, 5.41) is 16.9. The van der Waals surface area contributed by atoms with Crippen LogP contribution in [-0.2, 0) is 4.79 Å². The number of unbranched alkanes of at least 4 members (excludes halogenated alkanes) is 1. The van der Waals surface area contributed by atoms with E-state index in [0.29, 0.717) is 18.8 Å². The largest absolute Gasteiger partial charge is 0.481 e. The van der Waals surface area contributed by atoms with Crippen molar-refractivity contribution in [3.63, 3.8) is 0 Å². The molecule has 0 aromatic rings. The summed E-state index contributed by atoms with van der Waals surface area (Å²) in [6, 6.07) is 2.09. The first-order chi connectivity index (χ1) is 6.70. The molecule has 0 rings (SSSR count). The van der Waals surface area contributed by atoms with Crippen LogP contribution >= 0.6 is 0 Å². The van der Waals surface area contributed by atoms with Gasteiger partial charge in [0.2, 0.25) is 0 Å². The Morgan fingerprint density at radius 1 is 1.57 bits per heavy atom. The molecule has 0 aliphatic carbocycles. The number of carbonyl (C=O) groups is 1. The number of hydrogen-bond acceptors (Lipinski definition) is 2. The standard InChI is InChI=1S/C11H17NO2/c1-2-5-10(6-3-4-9-12)7-8-11(13)14/h2,10H,1,3-8H2,(H,13,14). The lowest BCUT2D eigenvalue weighted by molar-refractivity contribution is -0.137. The van der Waals surface area contributed by atoms with Crippen molar-refractivity contribution in [2.45, 2.75) is 38.5 Å². The molecular formula is C11H17NO2. The van der Waals surface area contributed by atoms with E-state index in [1.165, 1.54) is 0 Å². The van der Waals surface area contributed by atoms with E-state index < -0.39 is 5.97 Å². The van der Waals surface area contributed by atoms with Crippen molar-refractivity contribution in [2.75, 3.05) is 0 Å². The highest BCUT2D eigenvalue weighted by atomic mass is 16.4. The molecule has 3 nitrogen and oxygen atoms in total. The minimum atomic E-state index is -0.751. The molecule has 1 atom stereocenters. The monoisotopic (exact) mass is 195 g/mol. The molecule has 0 aromatic carbocycles. The van der Waals surface area contributed by atoms with Gasteiger partial charge in [0.1, 0.15) is 0 Å². The average Bonchev–Trinajstić information content (AvgIpc) is 2.14. The first kappa shape index (κ1) is 12.7. The van der Waals surface area contributed by atoms with Crippen LogP contribution in [0.5, 0.6) is 0 Å². The van der Waals surface area contributed by atoms with Gasteiger partial charge < -0.3 is 5.11 Å². The summed E-state index contributed by atoms with van der Waals surface area (Å²) in [5.74, 6) is -0.378. The zero-order valence-electron chi connectivity index (χ0n) is 8.41. The van der Waals surface area contributed by atoms with E-state index in [2.05, 4.69) is 12.6 Å². The lowest BCUT2D eigenvalue weighted by atomic mass is 9.93. The third-order valence-electron chi connectivity index (χ3n) is 2.17. The van der Waals surface area contributed by atoms with Gasteiger partial charge in [0, 0.05) is 12.8 Å². The summed E-state index contributed by atoms with van der Waals surface area (Å²) >= 11 is 0. The summed E-state index contributed by atoms with van der Waals surface area (Å²) < 4.78 is 0. The van der Waals surface area contributed by atoms with Gasteiger partial charge in [-0.2, -0.15) is 5.26 Å². The number of rotatable bonds is 8. The van der Waals surface area contributed by atoms with Crippen molar-refractivity contribution in [3.05, 3.63) is 12.7 Å². The molecule has 0 aliphatic heterocycles. The summed E-state index contributed by atoms with van der Waals surface area (Å²) in [6.07, 6.45) is 5.90. The van der Waals surface area contributed by atoms with Crippen molar-refractivity contribution >= 4 is 5.97 Å². The molecule has 14 heavy (non-hydrogen) atoms. The maximum atomic E-state index is 10.4. The van der Waals surface area contributed by atoms with Gasteiger partial charge in [0.05, 0.1) is 6.07 Å². The van der Waals surface area contributed by atoms with Gasteiger partial charge in [-0.25, -0.2) is 0 Å². The summed E-state index contributed by atoms with van der Waals surface area (Å²) in [7, 11) is 0. The number of carboxylic acid groups (broad SMARTS) is 1. The molecule has 78 valence electrons. The van der Waals surface area contributed by atoms with Crippen LogP contribution in [-0.4, -0.2) is 11.1 Å². The van der Waals surface area contributed by atoms with Crippen molar-refractivity contribution in [2.24, 2.45) is 5.92 Å². The Labute approximate surface area is 85.0 Å². The van der Waals surface area contributed by atoms with E-state index in [0.717, 1.165) is 19.3 Å². The van der Waals surface area contributed by atoms with Gasteiger partial charge in [0.25, 0.3) is 0 Å². The van der Waals surface area contributed by atoms with Crippen molar-refractivity contribution in [1.29, 1.82) is 5.26 Å². The van der Waals surface area contributed by atoms with Gasteiger partial charge in [-0.1, -0.05) is 6.08 Å². The summed E-state index contributed by atoms with van der Waals surface area (Å²) in [5.41, 5.74) is 0. The molecule has 0 saturated carbocycles. The quantitative estimate of drug-likeness (QED) is 0.478. The van der Waals surface area contributed by atoms with Gasteiger partial charge in [0.15, 0.2) is 0 Å². The fourth-order valence-electron chi connectivity index (χ4n) is 1.41. The smallest absolute Gasteiger partial charge is 0.303 e. The average molecular weight is 195 g/mol. The molecule has 0 spiro atoms. The molecule has 0 aliphatic rings. The van der Waals surface area contributed by atoms with Crippen LogP contribution in [0.2, 0.25) is 0 Å². The lowest BCUT2D eigenvalue weighted by Gasteiger charge is -2.12. The van der Waals surface area contributed by atoms with Gasteiger partial charge >= 0.3 is 5.97 Å². The topological polar surface area (TPSA) is 61.1 Å². The Morgan fingerprint density at radius 3 is 2.79 bits per heavy atom. The summed E-state index contributed by atoms with van der Waals surface area (Å²) in [6.45, 7) is 3.64. The van der Waals surface area contributed by atoms with E-state index in [9.17, 15) is 4.79 Å². The highest BCUT2D eigenvalue weighted by molar-refractivity contribution is 5.66. The Balaban J connectivity index is 3.71. The first-order valence-electron chi connectivity index (χ1n) is 4.90. The molecule has 0 heterocycles. The molecule has 1 unspecified atom stereocenters. The van der Waals surface area contributed by atoms with E-state index in [-0.39, 0.29) is 6.42 Å². The Kier molecular flexibility index (Phi) is 7.53. The van der Waals surface area contributed by atoms with Gasteiger partial charge in [-0.3, -0.25) is 4.79 Å². The molecule has 0 amide bonds. The second kappa shape index (κ2) is 8.31. The maximum absolute atomic E-state index is 10.4. The lowest BCUT2D eigenvalue weighted by Crippen LogP contribution is -2.04. The minimum absolute atomic E-state index is 0.213. The third kappa shape index (κ3) is 7.35. The highest BCUT2D eigenvalue weighted by Crippen LogP contribution is 2.18. The maximum Gasteiger partial charge on any atom is 0.303 e. The van der Waals surface area contributed by atoms with E-state index in [4.69, 9.17) is 10.4 Å². The van der Waals surface area contributed by atoms with Crippen molar-refractivity contribution < 1.29 is 9.90 Å². The molecule has 0 saturated heterocycles. The molecule has 0 bridgehead atoms. The Hall–Kier alpha value is -1.30. The van der Waals surface area contributed by atoms with Crippen LogP contribution < -0.4 is 0 Å². The van der Waals surface area contributed by atoms with Crippen molar-refractivity contribution in [3.8, 4) is 6.07 Å². The van der Waals surface area contributed by atoms with Crippen LogP contribution in [0.1, 0.15) is 38.5 Å². The number of hydrogen-bond donors (Lipinski definition) is 1. The fourth-order valence-corrected chi connectivity index (χ4v) is 1.41. The molecule has 0 radical (unpaired) electrons. The molecule has 3 heteroatoms. The normalized spacial score (nSPS) is 11.6. The predicted molar refractivity (Wildman–Crippen MR) is 54.6 cm³/mol. The molecular weight excluding hydrogens is 178 g/mol. The predicted octanol–water partition coefficient (Wildman–Crippen LogP) is 2.74. The number of nitrogens with zero attached hydrogens (tertiary/aromatic N) is 1. The van der Waals surface area contributed by atoms with E-state index in [1.807, 2.05) is 6.08 Å². The first-order valence-corrected chi connectivity index (χ1v) is 4.90. The van der Waals surface area contributed by atoms with Crippen LogP contribution in [0.3, 0.4) is 0 Å². The number of aliphatic carboxylic acids is 1. The second-order valence-electron chi connectivity index (χ2n) is 3.37. The van der Waals surface area contributed by atoms with Crippen LogP contribution in [0.15, 0.2) is 12.7 Å². The SMILES string of the molecule is C=CCC(CCCC#N)CCC(=O)O. The molecule has 0 fully saturated rings. The highest BCUT2D eigenvalue weighted by Gasteiger charge is 2.08. The van der Waals surface area contributed by atoms with E-state index >= 15 is 0 Å². The Morgan fingerprint density at radius 2 is 2.29 bits per heavy atom. The number of allylic oxidation sites excluding steroid dienone is 1. The van der Waals surface area contributed by atoms with Gasteiger partial charge in [-0.15, -0.1) is 6.58 Å². The van der Waals surface area contributed by atoms with Crippen LogP contribution in [0.4, 0.5) is 0 Å². The molecule has 0 aromatic heterocycles. The van der Waals surface area contributed by atoms with Crippen LogP contribution in [0.25, 0.3) is 0 Å².